The van der Waals surface area contributed by atoms with Crippen LogP contribution in [0.1, 0.15) is 56.9 Å². The molecule has 0 unspecified atom stereocenters. The summed E-state index contributed by atoms with van der Waals surface area (Å²) in [5.74, 6) is 0.251. The van der Waals surface area contributed by atoms with Crippen molar-refractivity contribution in [2.24, 2.45) is 0 Å². The van der Waals surface area contributed by atoms with Gasteiger partial charge in [0, 0.05) is 58.9 Å². The van der Waals surface area contributed by atoms with Crippen LogP contribution in [0.2, 0.25) is 10.0 Å². The van der Waals surface area contributed by atoms with Gasteiger partial charge >= 0.3 is 0 Å². The van der Waals surface area contributed by atoms with Crippen molar-refractivity contribution in [2.75, 3.05) is 13.7 Å². The molecule has 2 aliphatic carbocycles. The average molecular weight is 420 g/mol. The first kappa shape index (κ1) is 19.5. The number of nitrogens with zero attached hydrogens (tertiary/aromatic N) is 1. The molecule has 4 rings (SSSR count). The van der Waals surface area contributed by atoms with Gasteiger partial charge in [-0.25, -0.2) is 0 Å². The number of carbonyl (C=O) groups is 2. The lowest BCUT2D eigenvalue weighted by atomic mass is 9.71. The molecular weight excluding hydrogens is 397 g/mol. The van der Waals surface area contributed by atoms with Crippen LogP contribution in [0.25, 0.3) is 0 Å². The van der Waals surface area contributed by atoms with Gasteiger partial charge in [0.25, 0.3) is 0 Å². The van der Waals surface area contributed by atoms with Crippen LogP contribution in [0, 0.1) is 0 Å². The summed E-state index contributed by atoms with van der Waals surface area (Å²) < 4.78 is 5.86. The summed E-state index contributed by atoms with van der Waals surface area (Å²) in [7, 11) is 1.98. The normalized spacial score (nSPS) is 20.5. The highest BCUT2D eigenvalue weighted by molar-refractivity contribution is 6.35. The monoisotopic (exact) mass is 419 g/mol. The number of Topliss-reactive ketones (excluding diaryl/α,β-unsaturated/α-hetero) is 2. The Hall–Kier alpha value is -1.78. The third-order valence-corrected chi connectivity index (χ3v) is 6.38. The first-order chi connectivity index (χ1) is 13.4. The fourth-order valence-corrected chi connectivity index (χ4v) is 5.32. The van der Waals surface area contributed by atoms with Crippen molar-refractivity contribution < 1.29 is 14.3 Å². The van der Waals surface area contributed by atoms with E-state index in [9.17, 15) is 9.59 Å². The van der Waals surface area contributed by atoms with Gasteiger partial charge < -0.3 is 9.64 Å². The quantitative estimate of drug-likeness (QED) is 0.654. The van der Waals surface area contributed by atoms with Crippen LogP contribution in [-0.2, 0) is 9.59 Å². The molecule has 3 aliphatic rings. The van der Waals surface area contributed by atoms with Gasteiger partial charge in [0.15, 0.2) is 11.6 Å². The van der Waals surface area contributed by atoms with E-state index in [1.165, 1.54) is 0 Å². The van der Waals surface area contributed by atoms with Crippen LogP contribution in [0.5, 0.6) is 5.75 Å². The maximum atomic E-state index is 13.1. The van der Waals surface area contributed by atoms with Crippen LogP contribution >= 0.6 is 23.2 Å². The van der Waals surface area contributed by atoms with E-state index in [2.05, 4.69) is 4.90 Å². The molecule has 0 N–H and O–H groups in total. The van der Waals surface area contributed by atoms with Gasteiger partial charge in [-0.1, -0.05) is 23.2 Å². The maximum absolute atomic E-state index is 13.1. The number of carbonyl (C=O) groups excluding carboxylic acids is 2. The van der Waals surface area contributed by atoms with Gasteiger partial charge in [0.2, 0.25) is 0 Å². The number of hydrogen-bond acceptors (Lipinski definition) is 4. The number of ether oxygens (including phenoxy) is 1. The zero-order valence-corrected chi connectivity index (χ0v) is 17.6. The molecule has 4 nitrogen and oxygen atoms in total. The smallest absolute Gasteiger partial charge is 0.161 e. The minimum atomic E-state index is -0.459. The molecule has 0 aromatic heterocycles. The summed E-state index contributed by atoms with van der Waals surface area (Å²) in [4.78, 5) is 28.2. The highest BCUT2D eigenvalue weighted by Crippen LogP contribution is 2.51. The second-order valence-electron chi connectivity index (χ2n) is 7.51. The standard InChI is InChI=1S/C22H23Cl2NO3/c1-3-28-22-13(10-12(23)11-14(22)24)19-20-15(6-4-8-17(20)26)25(2)16-7-5-9-18(27)21(16)19/h10-11,19H,3-9H2,1-2H3. The molecule has 0 amide bonds. The highest BCUT2D eigenvalue weighted by atomic mass is 35.5. The van der Waals surface area contributed by atoms with Crippen LogP contribution in [0.15, 0.2) is 34.7 Å². The molecule has 1 aromatic rings. The zero-order chi connectivity index (χ0) is 20.0. The summed E-state index contributed by atoms with van der Waals surface area (Å²) in [6, 6.07) is 3.44. The predicted octanol–water partition coefficient (Wildman–Crippen LogP) is 5.44. The Labute approximate surface area is 175 Å². The number of benzene rings is 1. The van der Waals surface area contributed by atoms with Gasteiger partial charge in [-0.3, -0.25) is 9.59 Å². The van der Waals surface area contributed by atoms with E-state index in [1.807, 2.05) is 14.0 Å². The van der Waals surface area contributed by atoms with Gasteiger partial charge in [-0.2, -0.15) is 0 Å². The zero-order valence-electron chi connectivity index (χ0n) is 16.1. The Morgan fingerprint density at radius 2 is 1.57 bits per heavy atom. The SMILES string of the molecule is CCOc1c(Cl)cc(Cl)cc1C1C2=C(CCCC2=O)N(C)C2=C1C(=O)CCC2. The van der Waals surface area contributed by atoms with Crippen molar-refractivity contribution in [1.82, 2.24) is 4.90 Å². The molecule has 0 spiro atoms. The first-order valence-corrected chi connectivity index (χ1v) is 10.6. The lowest BCUT2D eigenvalue weighted by Crippen LogP contribution is -2.37. The first-order valence-electron chi connectivity index (χ1n) is 9.82. The highest BCUT2D eigenvalue weighted by Gasteiger charge is 2.43. The van der Waals surface area contributed by atoms with Crippen molar-refractivity contribution in [3.05, 3.63) is 50.3 Å². The van der Waals surface area contributed by atoms with Gasteiger partial charge in [-0.05, 0) is 44.7 Å². The number of ketones is 2. The van der Waals surface area contributed by atoms with Crippen molar-refractivity contribution in [3.63, 3.8) is 0 Å². The van der Waals surface area contributed by atoms with Crippen molar-refractivity contribution in [3.8, 4) is 5.75 Å². The number of hydrogen-bond donors (Lipinski definition) is 0. The molecule has 6 heteroatoms. The molecule has 28 heavy (non-hydrogen) atoms. The van der Waals surface area contributed by atoms with Crippen LogP contribution < -0.4 is 4.74 Å². The van der Waals surface area contributed by atoms with Crippen LogP contribution in [0.4, 0.5) is 0 Å². The molecule has 1 aromatic carbocycles. The minimum Gasteiger partial charge on any atom is -0.492 e. The second kappa shape index (κ2) is 7.57. The lowest BCUT2D eigenvalue weighted by Gasteiger charge is -2.42. The predicted molar refractivity (Wildman–Crippen MR) is 110 cm³/mol. The summed E-state index contributed by atoms with van der Waals surface area (Å²) in [5.41, 5.74) is 4.18. The fraction of sp³-hybridized carbons (Fsp3) is 0.455. The third-order valence-electron chi connectivity index (χ3n) is 5.88. The minimum absolute atomic E-state index is 0.0987. The summed E-state index contributed by atoms with van der Waals surface area (Å²) in [5, 5.41) is 0.872. The topological polar surface area (TPSA) is 46.6 Å². The van der Waals surface area contributed by atoms with Crippen molar-refractivity contribution in [1.29, 1.82) is 0 Å². The third kappa shape index (κ3) is 3.07. The van der Waals surface area contributed by atoms with Crippen molar-refractivity contribution in [2.45, 2.75) is 51.4 Å². The van der Waals surface area contributed by atoms with E-state index < -0.39 is 5.92 Å². The molecule has 0 fully saturated rings. The Bertz CT molecular complexity index is 888. The molecule has 1 aliphatic heterocycles. The largest absolute Gasteiger partial charge is 0.492 e. The number of rotatable bonds is 3. The van der Waals surface area contributed by atoms with Gasteiger partial charge in [0.05, 0.1) is 11.6 Å². The Morgan fingerprint density at radius 1 is 1.00 bits per heavy atom. The number of halogens is 2. The Morgan fingerprint density at radius 3 is 2.11 bits per heavy atom. The van der Waals surface area contributed by atoms with Gasteiger partial charge in [-0.15, -0.1) is 0 Å². The molecule has 0 radical (unpaired) electrons. The molecule has 148 valence electrons. The summed E-state index contributed by atoms with van der Waals surface area (Å²) in [6.07, 6.45) is 4.32. The summed E-state index contributed by atoms with van der Waals surface area (Å²) >= 11 is 12.8. The number of allylic oxidation sites excluding steroid dienone is 4. The van der Waals surface area contributed by atoms with E-state index in [4.69, 9.17) is 27.9 Å². The Balaban J connectivity index is 2.02. The summed E-state index contributed by atoms with van der Waals surface area (Å²) in [6.45, 7) is 2.32. The average Bonchev–Trinajstić information content (AvgIpc) is 2.65. The van der Waals surface area contributed by atoms with E-state index in [1.54, 1.807) is 12.1 Å². The second-order valence-corrected chi connectivity index (χ2v) is 8.35. The Kier molecular flexibility index (Phi) is 5.28. The van der Waals surface area contributed by atoms with E-state index in [0.717, 1.165) is 42.6 Å². The van der Waals surface area contributed by atoms with E-state index >= 15 is 0 Å². The molecule has 0 saturated heterocycles. The molecule has 1 heterocycles. The molecule has 0 atom stereocenters. The maximum Gasteiger partial charge on any atom is 0.161 e. The fourth-order valence-electron chi connectivity index (χ4n) is 4.75. The van der Waals surface area contributed by atoms with Crippen LogP contribution in [0.3, 0.4) is 0 Å². The lowest BCUT2D eigenvalue weighted by molar-refractivity contribution is -0.117. The van der Waals surface area contributed by atoms with Gasteiger partial charge in [0.1, 0.15) is 5.75 Å². The van der Waals surface area contributed by atoms with Crippen molar-refractivity contribution >= 4 is 34.8 Å². The molecular formula is C22H23Cl2NO3. The molecule has 0 bridgehead atoms. The van der Waals surface area contributed by atoms with Crippen LogP contribution in [-0.4, -0.2) is 30.1 Å². The van der Waals surface area contributed by atoms with E-state index in [0.29, 0.717) is 46.4 Å². The van der Waals surface area contributed by atoms with E-state index in [-0.39, 0.29) is 11.6 Å². The molecule has 0 saturated carbocycles.